The van der Waals surface area contributed by atoms with Gasteiger partial charge in [0.25, 0.3) is 0 Å². The zero-order valence-corrected chi connectivity index (χ0v) is 21.0. The Hall–Kier alpha value is -3.19. The largest absolute Gasteiger partial charge is 0.497 e. The van der Waals surface area contributed by atoms with Crippen LogP contribution in [0.2, 0.25) is 0 Å². The summed E-state index contributed by atoms with van der Waals surface area (Å²) in [6, 6.07) is 12.7. The molecule has 1 amide bonds. The van der Waals surface area contributed by atoms with Crippen LogP contribution in [0.1, 0.15) is 39.2 Å². The summed E-state index contributed by atoms with van der Waals surface area (Å²) in [5.41, 5.74) is 0.818. The van der Waals surface area contributed by atoms with Crippen molar-refractivity contribution >= 4 is 27.6 Å². The van der Waals surface area contributed by atoms with E-state index >= 15 is 0 Å². The van der Waals surface area contributed by atoms with Crippen LogP contribution in [0.4, 0.5) is 4.79 Å². The minimum absolute atomic E-state index is 0.261. The number of likely N-dealkylation sites (tertiary alicyclic amines) is 1. The molecule has 0 radical (unpaired) electrons. The molecular weight excluding hydrogens is 444 g/mol. The van der Waals surface area contributed by atoms with E-state index in [-0.39, 0.29) is 12.9 Å². The summed E-state index contributed by atoms with van der Waals surface area (Å²) in [5.74, 6) is 2.89. The lowest BCUT2D eigenvalue weighted by Gasteiger charge is -2.32. The number of hydrogen-bond donors (Lipinski definition) is 1. The van der Waals surface area contributed by atoms with Crippen LogP contribution in [0.25, 0.3) is 21.5 Å². The molecule has 0 spiro atoms. The lowest BCUT2D eigenvalue weighted by Crippen LogP contribution is -2.40. The number of nitrogens with one attached hydrogen (secondary N) is 1. The molecule has 0 aliphatic carbocycles. The number of fused-ring (bicyclic) bond motifs is 4. The van der Waals surface area contributed by atoms with E-state index in [1.165, 1.54) is 10.9 Å². The summed E-state index contributed by atoms with van der Waals surface area (Å²) >= 11 is 0. The fourth-order valence-corrected chi connectivity index (χ4v) is 4.99. The molecule has 1 N–H and O–H groups in total. The molecule has 0 unspecified atom stereocenters. The van der Waals surface area contributed by atoms with Gasteiger partial charge in [-0.3, -0.25) is 4.90 Å². The Morgan fingerprint density at radius 1 is 1.03 bits per heavy atom. The number of methoxy groups -OCH3 is 1. The normalized spacial score (nSPS) is 16.6. The highest BCUT2D eigenvalue weighted by atomic mass is 16.7. The first-order chi connectivity index (χ1) is 16.8. The fraction of sp³-hybridized carbons (Fsp3) is 0.464. The lowest BCUT2D eigenvalue weighted by molar-refractivity contribution is 0.0509. The number of alkyl carbamates (subject to hydrolysis) is 1. The van der Waals surface area contributed by atoms with Crippen molar-refractivity contribution in [2.75, 3.05) is 33.5 Å². The number of hydrogen-bond acceptors (Lipinski definition) is 6. The molecule has 2 aliphatic rings. The molecule has 7 heteroatoms. The number of piperidine rings is 1. The SMILES string of the molecule is COc1ccc2c(CN3CCC(CNC(=O)OC(C)(C)C)CC3)cc3cc4c(cc3c2c1)OCO4. The van der Waals surface area contributed by atoms with Crippen LogP contribution in [-0.2, 0) is 11.3 Å². The summed E-state index contributed by atoms with van der Waals surface area (Å²) in [4.78, 5) is 14.5. The van der Waals surface area contributed by atoms with E-state index in [9.17, 15) is 4.79 Å². The molecule has 2 heterocycles. The zero-order valence-electron chi connectivity index (χ0n) is 21.0. The van der Waals surface area contributed by atoms with Gasteiger partial charge in [-0.15, -0.1) is 0 Å². The third-order valence-electron chi connectivity index (χ3n) is 6.77. The number of nitrogens with zero attached hydrogens (tertiary/aromatic N) is 1. The highest BCUT2D eigenvalue weighted by Crippen LogP contribution is 2.40. The Labute approximate surface area is 206 Å². The van der Waals surface area contributed by atoms with Gasteiger partial charge in [0.05, 0.1) is 7.11 Å². The summed E-state index contributed by atoms with van der Waals surface area (Å²) in [6.45, 7) is 9.43. The lowest BCUT2D eigenvalue weighted by atomic mass is 9.94. The van der Waals surface area contributed by atoms with Gasteiger partial charge in [0.2, 0.25) is 6.79 Å². The number of amides is 1. The quantitative estimate of drug-likeness (QED) is 0.491. The van der Waals surface area contributed by atoms with Gasteiger partial charge in [0.15, 0.2) is 11.5 Å². The average Bonchev–Trinajstić information content (AvgIpc) is 3.28. The Morgan fingerprint density at radius 2 is 1.77 bits per heavy atom. The van der Waals surface area contributed by atoms with Crippen LogP contribution in [0.15, 0.2) is 36.4 Å². The molecule has 5 rings (SSSR count). The highest BCUT2D eigenvalue weighted by molar-refractivity contribution is 6.10. The topological polar surface area (TPSA) is 69.3 Å². The maximum Gasteiger partial charge on any atom is 0.407 e. The number of ether oxygens (including phenoxy) is 4. The summed E-state index contributed by atoms with van der Waals surface area (Å²) in [5, 5.41) is 7.60. The Bertz CT molecular complexity index is 1240. The minimum Gasteiger partial charge on any atom is -0.497 e. The van der Waals surface area contributed by atoms with Crippen molar-refractivity contribution in [2.24, 2.45) is 5.92 Å². The molecule has 186 valence electrons. The van der Waals surface area contributed by atoms with Crippen molar-refractivity contribution in [1.82, 2.24) is 10.2 Å². The monoisotopic (exact) mass is 478 g/mol. The van der Waals surface area contributed by atoms with Crippen molar-refractivity contribution in [3.05, 3.63) is 42.0 Å². The van der Waals surface area contributed by atoms with Gasteiger partial charge in [-0.25, -0.2) is 4.79 Å². The van der Waals surface area contributed by atoms with Crippen molar-refractivity contribution in [2.45, 2.75) is 45.8 Å². The van der Waals surface area contributed by atoms with E-state index < -0.39 is 5.60 Å². The Morgan fingerprint density at radius 3 is 2.49 bits per heavy atom. The number of rotatable bonds is 5. The van der Waals surface area contributed by atoms with Crippen LogP contribution >= 0.6 is 0 Å². The third-order valence-corrected chi connectivity index (χ3v) is 6.77. The van der Waals surface area contributed by atoms with Gasteiger partial charge in [-0.05, 0) is 110 Å². The van der Waals surface area contributed by atoms with Crippen LogP contribution in [0.3, 0.4) is 0 Å². The maximum atomic E-state index is 12.0. The van der Waals surface area contributed by atoms with Crippen molar-refractivity contribution in [3.63, 3.8) is 0 Å². The minimum atomic E-state index is -0.473. The van der Waals surface area contributed by atoms with Gasteiger partial charge >= 0.3 is 6.09 Å². The Balaban J connectivity index is 1.31. The highest BCUT2D eigenvalue weighted by Gasteiger charge is 2.23. The first-order valence-corrected chi connectivity index (χ1v) is 12.3. The van der Waals surface area contributed by atoms with Gasteiger partial charge in [-0.1, -0.05) is 6.07 Å². The number of carbonyl (C=O) groups excluding carboxylic acids is 1. The predicted octanol–water partition coefficient (Wildman–Crippen LogP) is 5.47. The van der Waals surface area contributed by atoms with Crippen molar-refractivity contribution < 1.29 is 23.7 Å². The standard InChI is InChI=1S/C28H34N2O5/c1-28(2,3)35-27(31)29-15-18-7-9-30(10-8-18)16-20-11-19-12-25-26(34-17-33-25)14-23(19)24-13-21(32-4)5-6-22(20)24/h5-6,11-14,18H,7-10,15-17H2,1-4H3,(H,29,31). The molecule has 7 nitrogen and oxygen atoms in total. The second-order valence-corrected chi connectivity index (χ2v) is 10.5. The van der Waals surface area contributed by atoms with Gasteiger partial charge in [0.1, 0.15) is 11.4 Å². The molecule has 3 aromatic rings. The first kappa shape index (κ1) is 23.5. The molecule has 1 fully saturated rings. The molecule has 2 aliphatic heterocycles. The third kappa shape index (κ3) is 5.25. The van der Waals surface area contributed by atoms with Gasteiger partial charge in [0, 0.05) is 13.1 Å². The molecule has 0 saturated carbocycles. The van der Waals surface area contributed by atoms with Crippen LogP contribution < -0.4 is 19.5 Å². The molecule has 0 bridgehead atoms. The van der Waals surface area contributed by atoms with E-state index in [4.69, 9.17) is 18.9 Å². The molecule has 0 aromatic heterocycles. The van der Waals surface area contributed by atoms with E-state index in [0.717, 1.165) is 65.9 Å². The van der Waals surface area contributed by atoms with E-state index in [1.807, 2.05) is 26.8 Å². The second kappa shape index (κ2) is 9.46. The number of carbonyl (C=O) groups is 1. The van der Waals surface area contributed by atoms with Crippen LogP contribution in [0.5, 0.6) is 17.2 Å². The van der Waals surface area contributed by atoms with Crippen molar-refractivity contribution in [3.8, 4) is 17.2 Å². The average molecular weight is 479 g/mol. The first-order valence-electron chi connectivity index (χ1n) is 12.3. The molecule has 1 saturated heterocycles. The van der Waals surface area contributed by atoms with E-state index in [2.05, 4.69) is 40.5 Å². The zero-order chi connectivity index (χ0) is 24.6. The maximum absolute atomic E-state index is 12.0. The molecule has 35 heavy (non-hydrogen) atoms. The van der Waals surface area contributed by atoms with E-state index in [0.29, 0.717) is 12.5 Å². The van der Waals surface area contributed by atoms with Crippen LogP contribution in [0, 0.1) is 5.92 Å². The fourth-order valence-electron chi connectivity index (χ4n) is 4.99. The summed E-state index contributed by atoms with van der Waals surface area (Å²) in [6.07, 6.45) is 1.76. The van der Waals surface area contributed by atoms with Gasteiger partial charge < -0.3 is 24.3 Å². The Kier molecular flexibility index (Phi) is 6.36. The van der Waals surface area contributed by atoms with Gasteiger partial charge in [-0.2, -0.15) is 0 Å². The summed E-state index contributed by atoms with van der Waals surface area (Å²) in [7, 11) is 1.70. The smallest absolute Gasteiger partial charge is 0.407 e. The second-order valence-electron chi connectivity index (χ2n) is 10.5. The molecule has 0 atom stereocenters. The van der Waals surface area contributed by atoms with E-state index in [1.54, 1.807) is 7.11 Å². The van der Waals surface area contributed by atoms with Crippen LogP contribution in [-0.4, -0.2) is 50.1 Å². The molecular formula is C28H34N2O5. The molecule has 3 aromatic carbocycles. The predicted molar refractivity (Wildman–Crippen MR) is 136 cm³/mol. The van der Waals surface area contributed by atoms with Crippen molar-refractivity contribution in [1.29, 1.82) is 0 Å². The summed E-state index contributed by atoms with van der Waals surface area (Å²) < 4.78 is 22.2. The number of benzene rings is 3.